The number of benzene rings is 2. The van der Waals surface area contributed by atoms with Gasteiger partial charge in [-0.2, -0.15) is 0 Å². The van der Waals surface area contributed by atoms with E-state index in [1.165, 1.54) is 19.1 Å². The monoisotopic (exact) mass is 482 g/mol. The topological polar surface area (TPSA) is 97.8 Å². The van der Waals surface area contributed by atoms with Crippen molar-refractivity contribution >= 4 is 17.4 Å². The number of carbonyl (C=O) groups is 2. The third-order valence-electron chi connectivity index (χ3n) is 6.39. The third kappa shape index (κ3) is 4.96. The van der Waals surface area contributed by atoms with Crippen LogP contribution in [-0.2, 0) is 14.3 Å². The minimum atomic E-state index is -0.780. The Morgan fingerprint density at radius 2 is 1.63 bits per heavy atom. The van der Waals surface area contributed by atoms with Crippen molar-refractivity contribution < 1.29 is 33.6 Å². The van der Waals surface area contributed by atoms with Crippen molar-refractivity contribution in [1.82, 2.24) is 9.80 Å². The van der Waals surface area contributed by atoms with Crippen LogP contribution in [0.4, 0.5) is 0 Å². The maximum absolute atomic E-state index is 13.2. The molecule has 2 aromatic rings. The largest absolute Gasteiger partial charge is 0.507 e. The summed E-state index contributed by atoms with van der Waals surface area (Å²) in [5, 5.41) is 11.2. The molecule has 1 amide bonds. The first-order chi connectivity index (χ1) is 17.0. The number of aliphatic hydroxyl groups excluding tert-OH is 1. The zero-order valence-electron chi connectivity index (χ0n) is 20.2. The molecule has 2 fully saturated rings. The smallest absolute Gasteiger partial charge is 0.295 e. The molecule has 0 aromatic heterocycles. The van der Waals surface area contributed by atoms with Gasteiger partial charge in [0.15, 0.2) is 11.5 Å². The van der Waals surface area contributed by atoms with Crippen LogP contribution in [0.25, 0.3) is 5.76 Å². The summed E-state index contributed by atoms with van der Waals surface area (Å²) in [6, 6.07) is 11.1. The third-order valence-corrected chi connectivity index (χ3v) is 6.39. The number of amides is 1. The Hall–Kier alpha value is -3.56. The molecule has 4 rings (SSSR count). The van der Waals surface area contributed by atoms with E-state index in [2.05, 4.69) is 4.90 Å². The number of methoxy groups -OCH3 is 3. The van der Waals surface area contributed by atoms with E-state index >= 15 is 0 Å². The molecule has 0 bridgehead atoms. The fraction of sp³-hybridized carbons (Fsp3) is 0.385. The van der Waals surface area contributed by atoms with E-state index in [1.807, 2.05) is 0 Å². The number of ketones is 1. The summed E-state index contributed by atoms with van der Waals surface area (Å²) in [5.74, 6) is 0.00156. The van der Waals surface area contributed by atoms with Gasteiger partial charge in [0.25, 0.3) is 11.7 Å². The highest BCUT2D eigenvalue weighted by Gasteiger charge is 2.46. The predicted octanol–water partition coefficient (Wildman–Crippen LogP) is 2.47. The van der Waals surface area contributed by atoms with Gasteiger partial charge in [0, 0.05) is 31.7 Å². The van der Waals surface area contributed by atoms with Crippen LogP contribution in [0.15, 0.2) is 48.0 Å². The number of Topliss-reactive ketones (excluding diaryl/α,β-unsaturated/α-hetero) is 1. The first-order valence-corrected chi connectivity index (χ1v) is 11.4. The molecular formula is C26H30N2O7. The molecular weight excluding hydrogens is 452 g/mol. The van der Waals surface area contributed by atoms with Crippen LogP contribution in [0.1, 0.15) is 17.2 Å². The number of nitrogens with zero attached hydrogens (tertiary/aromatic N) is 2. The summed E-state index contributed by atoms with van der Waals surface area (Å²) in [4.78, 5) is 30.2. The van der Waals surface area contributed by atoms with Crippen LogP contribution in [0.3, 0.4) is 0 Å². The Labute approximate surface area is 204 Å². The van der Waals surface area contributed by atoms with Crippen LogP contribution in [-0.4, -0.2) is 87.3 Å². The lowest BCUT2D eigenvalue weighted by molar-refractivity contribution is -0.140. The van der Waals surface area contributed by atoms with Crippen LogP contribution in [0.5, 0.6) is 17.2 Å². The van der Waals surface area contributed by atoms with Gasteiger partial charge in [-0.15, -0.1) is 0 Å². The minimum Gasteiger partial charge on any atom is -0.507 e. The summed E-state index contributed by atoms with van der Waals surface area (Å²) < 4.78 is 21.4. The summed E-state index contributed by atoms with van der Waals surface area (Å²) in [7, 11) is 4.61. The van der Waals surface area contributed by atoms with E-state index < -0.39 is 17.7 Å². The maximum atomic E-state index is 13.2. The number of aliphatic hydroxyl groups is 1. The van der Waals surface area contributed by atoms with Gasteiger partial charge in [-0.05, 0) is 42.0 Å². The number of carbonyl (C=O) groups excluding carboxylic acids is 2. The number of likely N-dealkylation sites (tertiary alicyclic amines) is 1. The van der Waals surface area contributed by atoms with E-state index in [0.29, 0.717) is 54.7 Å². The van der Waals surface area contributed by atoms with Gasteiger partial charge in [0.1, 0.15) is 11.5 Å². The van der Waals surface area contributed by atoms with Gasteiger partial charge < -0.3 is 29.0 Å². The van der Waals surface area contributed by atoms with Crippen molar-refractivity contribution in [3.05, 3.63) is 59.2 Å². The molecule has 35 heavy (non-hydrogen) atoms. The number of morpholine rings is 1. The molecule has 0 radical (unpaired) electrons. The van der Waals surface area contributed by atoms with E-state index in [4.69, 9.17) is 18.9 Å². The number of ether oxygens (including phenoxy) is 4. The fourth-order valence-corrected chi connectivity index (χ4v) is 4.46. The first-order valence-electron chi connectivity index (χ1n) is 11.4. The van der Waals surface area contributed by atoms with Crippen molar-refractivity contribution in [3.63, 3.8) is 0 Å². The van der Waals surface area contributed by atoms with Crippen LogP contribution in [0.2, 0.25) is 0 Å². The molecule has 2 heterocycles. The number of hydrogen-bond acceptors (Lipinski definition) is 8. The van der Waals surface area contributed by atoms with Gasteiger partial charge in [0.05, 0.1) is 46.2 Å². The lowest BCUT2D eigenvalue weighted by Gasteiger charge is -2.31. The Kier molecular flexibility index (Phi) is 7.57. The van der Waals surface area contributed by atoms with Crippen LogP contribution >= 0.6 is 0 Å². The van der Waals surface area contributed by atoms with Crippen molar-refractivity contribution in [3.8, 4) is 17.2 Å². The Morgan fingerprint density at radius 3 is 2.26 bits per heavy atom. The first kappa shape index (κ1) is 24.6. The average molecular weight is 483 g/mol. The van der Waals surface area contributed by atoms with Gasteiger partial charge in [-0.25, -0.2) is 0 Å². The molecule has 2 aromatic carbocycles. The zero-order chi connectivity index (χ0) is 24.9. The van der Waals surface area contributed by atoms with E-state index in [9.17, 15) is 14.7 Å². The lowest BCUT2D eigenvalue weighted by atomic mass is 9.95. The van der Waals surface area contributed by atoms with E-state index in [1.54, 1.807) is 49.6 Å². The molecule has 2 aliphatic heterocycles. The fourth-order valence-electron chi connectivity index (χ4n) is 4.46. The Balaban J connectivity index is 1.77. The summed E-state index contributed by atoms with van der Waals surface area (Å²) in [5.41, 5.74) is 1.09. The van der Waals surface area contributed by atoms with Crippen molar-refractivity contribution in [2.45, 2.75) is 6.04 Å². The molecule has 2 saturated heterocycles. The zero-order valence-corrected chi connectivity index (χ0v) is 20.2. The van der Waals surface area contributed by atoms with Gasteiger partial charge in [-0.3, -0.25) is 14.5 Å². The Bertz CT molecular complexity index is 1110. The second-order valence-electron chi connectivity index (χ2n) is 8.29. The molecule has 0 saturated carbocycles. The van der Waals surface area contributed by atoms with Crippen LogP contribution < -0.4 is 14.2 Å². The second kappa shape index (κ2) is 10.8. The highest BCUT2D eigenvalue weighted by molar-refractivity contribution is 6.46. The molecule has 9 nitrogen and oxygen atoms in total. The molecule has 0 aliphatic carbocycles. The van der Waals surface area contributed by atoms with Crippen molar-refractivity contribution in [2.24, 2.45) is 0 Å². The minimum absolute atomic E-state index is 0.0364. The molecule has 9 heteroatoms. The van der Waals surface area contributed by atoms with Crippen LogP contribution in [0, 0.1) is 0 Å². The van der Waals surface area contributed by atoms with E-state index in [-0.39, 0.29) is 11.3 Å². The summed E-state index contributed by atoms with van der Waals surface area (Å²) >= 11 is 0. The van der Waals surface area contributed by atoms with Gasteiger partial charge >= 0.3 is 0 Å². The molecule has 1 unspecified atom stereocenters. The highest BCUT2D eigenvalue weighted by atomic mass is 16.5. The summed E-state index contributed by atoms with van der Waals surface area (Å²) in [6.07, 6.45) is 0. The van der Waals surface area contributed by atoms with Crippen molar-refractivity contribution in [2.75, 3.05) is 60.7 Å². The normalized spacial score (nSPS) is 20.2. The molecule has 2 aliphatic rings. The average Bonchev–Trinajstić information content (AvgIpc) is 3.16. The number of rotatable bonds is 8. The number of hydrogen-bond donors (Lipinski definition) is 1. The van der Waals surface area contributed by atoms with E-state index in [0.717, 1.165) is 13.1 Å². The molecule has 0 spiro atoms. The second-order valence-corrected chi connectivity index (χ2v) is 8.29. The standard InChI is InChI=1S/C26H30N2O7/c1-32-19-7-4-17(5-8-19)24(29)22-23(18-6-9-20(33-2)21(16-18)34-3)28(26(31)25(22)30)11-10-27-12-14-35-15-13-27/h4-9,16,23,29H,10-15H2,1-3H3. The molecule has 186 valence electrons. The highest BCUT2D eigenvalue weighted by Crippen LogP contribution is 2.42. The summed E-state index contributed by atoms with van der Waals surface area (Å²) in [6.45, 7) is 3.70. The maximum Gasteiger partial charge on any atom is 0.295 e. The van der Waals surface area contributed by atoms with Gasteiger partial charge in [0.2, 0.25) is 0 Å². The van der Waals surface area contributed by atoms with Crippen molar-refractivity contribution in [1.29, 1.82) is 0 Å². The Morgan fingerprint density at radius 1 is 0.943 bits per heavy atom. The predicted molar refractivity (Wildman–Crippen MR) is 129 cm³/mol. The molecule has 1 atom stereocenters. The lowest BCUT2D eigenvalue weighted by Crippen LogP contribution is -2.42. The SMILES string of the molecule is COc1ccc(C(O)=C2C(=O)C(=O)N(CCN3CCOCC3)C2c2ccc(OC)c(OC)c2)cc1. The molecule has 1 N–H and O–H groups in total. The van der Waals surface area contributed by atoms with Gasteiger partial charge in [-0.1, -0.05) is 6.07 Å². The quantitative estimate of drug-likeness (QED) is 0.348.